The van der Waals surface area contributed by atoms with Gasteiger partial charge in [0.25, 0.3) is 0 Å². The van der Waals surface area contributed by atoms with Gasteiger partial charge in [-0.25, -0.2) is 0 Å². The first-order valence-electron chi connectivity index (χ1n) is 4.63. The Labute approximate surface area is 68.9 Å². The van der Waals surface area contributed by atoms with Crippen LogP contribution in [0.4, 0.5) is 0 Å². The fourth-order valence-electron chi connectivity index (χ4n) is 2.57. The summed E-state index contributed by atoms with van der Waals surface area (Å²) in [5.74, 6) is 0.795. The van der Waals surface area contributed by atoms with Crippen LogP contribution >= 0.6 is 0 Å². The van der Waals surface area contributed by atoms with Gasteiger partial charge in [0, 0.05) is 18.0 Å². The highest BCUT2D eigenvalue weighted by Crippen LogP contribution is 2.44. The fraction of sp³-hybridized carbons (Fsp3) is 0.800. The Kier molecular flexibility index (Phi) is 1.57. The lowest BCUT2D eigenvalue weighted by Gasteiger charge is -2.50. The standard InChI is InChI=1S/C10H17N/c1-8(2)9-10(7-11-9)5-3-4-6-10/h3-4,8-9,11H,5-7H2,1-2H3/t9-/m1/s1. The molecule has 1 heterocycles. The lowest BCUT2D eigenvalue weighted by Crippen LogP contribution is -2.63. The highest BCUT2D eigenvalue weighted by atomic mass is 15.0. The molecular formula is C10H17N. The van der Waals surface area contributed by atoms with E-state index in [9.17, 15) is 0 Å². The molecule has 62 valence electrons. The van der Waals surface area contributed by atoms with Gasteiger partial charge < -0.3 is 5.32 Å². The molecule has 1 atom stereocenters. The van der Waals surface area contributed by atoms with Crippen molar-refractivity contribution in [3.05, 3.63) is 12.2 Å². The van der Waals surface area contributed by atoms with Crippen molar-refractivity contribution in [2.75, 3.05) is 6.54 Å². The summed E-state index contributed by atoms with van der Waals surface area (Å²) in [7, 11) is 0. The molecule has 1 spiro atoms. The van der Waals surface area contributed by atoms with Gasteiger partial charge >= 0.3 is 0 Å². The average Bonchev–Trinajstić information content (AvgIpc) is 2.31. The van der Waals surface area contributed by atoms with E-state index in [2.05, 4.69) is 31.3 Å². The van der Waals surface area contributed by atoms with E-state index in [0.717, 1.165) is 12.0 Å². The summed E-state index contributed by atoms with van der Waals surface area (Å²) in [5.41, 5.74) is 0.633. The summed E-state index contributed by atoms with van der Waals surface area (Å²) in [6, 6.07) is 0.775. The van der Waals surface area contributed by atoms with E-state index in [1.807, 2.05) is 0 Å². The number of rotatable bonds is 1. The van der Waals surface area contributed by atoms with E-state index in [1.165, 1.54) is 19.4 Å². The molecular weight excluding hydrogens is 134 g/mol. The number of nitrogens with one attached hydrogen (secondary N) is 1. The van der Waals surface area contributed by atoms with Gasteiger partial charge in [0.05, 0.1) is 0 Å². The maximum absolute atomic E-state index is 3.54. The lowest BCUT2D eigenvalue weighted by molar-refractivity contribution is 0.0620. The molecule has 1 nitrogen and oxygen atoms in total. The summed E-state index contributed by atoms with van der Waals surface area (Å²) < 4.78 is 0. The molecule has 1 aliphatic carbocycles. The van der Waals surface area contributed by atoms with Gasteiger partial charge in [0.1, 0.15) is 0 Å². The summed E-state index contributed by atoms with van der Waals surface area (Å²) in [6.45, 7) is 5.87. The first-order chi connectivity index (χ1) is 5.25. The Morgan fingerprint density at radius 1 is 1.36 bits per heavy atom. The Morgan fingerprint density at radius 3 is 2.36 bits per heavy atom. The fourth-order valence-corrected chi connectivity index (χ4v) is 2.57. The van der Waals surface area contributed by atoms with Crippen LogP contribution in [0.15, 0.2) is 12.2 Å². The van der Waals surface area contributed by atoms with Crippen molar-refractivity contribution in [1.82, 2.24) is 5.32 Å². The quantitative estimate of drug-likeness (QED) is 0.565. The molecule has 0 radical (unpaired) electrons. The molecule has 0 aromatic rings. The second-order valence-electron chi connectivity index (χ2n) is 4.34. The molecule has 0 aromatic carbocycles. The smallest absolute Gasteiger partial charge is 0.0165 e. The topological polar surface area (TPSA) is 12.0 Å². The molecule has 2 aliphatic rings. The zero-order valence-corrected chi connectivity index (χ0v) is 7.43. The third kappa shape index (κ3) is 0.943. The zero-order valence-electron chi connectivity index (χ0n) is 7.43. The highest BCUT2D eigenvalue weighted by Gasteiger charge is 2.47. The predicted molar refractivity (Wildman–Crippen MR) is 47.4 cm³/mol. The van der Waals surface area contributed by atoms with Crippen molar-refractivity contribution in [3.63, 3.8) is 0 Å². The molecule has 2 rings (SSSR count). The number of hydrogen-bond acceptors (Lipinski definition) is 1. The van der Waals surface area contributed by atoms with Gasteiger partial charge in [0.2, 0.25) is 0 Å². The van der Waals surface area contributed by atoms with Crippen molar-refractivity contribution >= 4 is 0 Å². The summed E-state index contributed by atoms with van der Waals surface area (Å²) in [6.07, 6.45) is 7.30. The highest BCUT2D eigenvalue weighted by molar-refractivity contribution is 5.14. The Bertz CT molecular complexity index is 173. The van der Waals surface area contributed by atoms with Crippen LogP contribution < -0.4 is 5.32 Å². The molecule has 1 fully saturated rings. The molecule has 1 aliphatic heterocycles. The maximum Gasteiger partial charge on any atom is 0.0165 e. The van der Waals surface area contributed by atoms with Gasteiger partial charge in [-0.15, -0.1) is 0 Å². The third-order valence-corrected chi connectivity index (χ3v) is 3.22. The lowest BCUT2D eigenvalue weighted by atomic mass is 9.67. The van der Waals surface area contributed by atoms with Crippen LogP contribution in [-0.4, -0.2) is 12.6 Å². The Balaban J connectivity index is 2.05. The first kappa shape index (κ1) is 7.35. The largest absolute Gasteiger partial charge is 0.312 e. The maximum atomic E-state index is 3.54. The van der Waals surface area contributed by atoms with Crippen LogP contribution in [0.3, 0.4) is 0 Å². The van der Waals surface area contributed by atoms with Crippen molar-refractivity contribution in [3.8, 4) is 0 Å². The van der Waals surface area contributed by atoms with Crippen molar-refractivity contribution < 1.29 is 0 Å². The minimum absolute atomic E-state index is 0.633. The molecule has 0 saturated carbocycles. The number of hydrogen-bond donors (Lipinski definition) is 1. The Morgan fingerprint density at radius 2 is 2.00 bits per heavy atom. The van der Waals surface area contributed by atoms with Gasteiger partial charge in [0.15, 0.2) is 0 Å². The average molecular weight is 151 g/mol. The molecule has 0 bridgehead atoms. The second-order valence-corrected chi connectivity index (χ2v) is 4.34. The van der Waals surface area contributed by atoms with E-state index < -0.39 is 0 Å². The van der Waals surface area contributed by atoms with Crippen LogP contribution in [0.5, 0.6) is 0 Å². The van der Waals surface area contributed by atoms with Gasteiger partial charge in [-0.2, -0.15) is 0 Å². The van der Waals surface area contributed by atoms with E-state index in [-0.39, 0.29) is 0 Å². The van der Waals surface area contributed by atoms with Gasteiger partial charge in [-0.05, 0) is 18.8 Å². The molecule has 11 heavy (non-hydrogen) atoms. The van der Waals surface area contributed by atoms with Crippen LogP contribution in [0.25, 0.3) is 0 Å². The van der Waals surface area contributed by atoms with Gasteiger partial charge in [-0.3, -0.25) is 0 Å². The SMILES string of the molecule is CC(C)[C@H]1NCC12CC=CC2. The van der Waals surface area contributed by atoms with E-state index in [0.29, 0.717) is 5.41 Å². The monoisotopic (exact) mass is 151 g/mol. The zero-order chi connectivity index (χ0) is 7.90. The second kappa shape index (κ2) is 2.34. The number of allylic oxidation sites excluding steroid dienone is 2. The molecule has 0 unspecified atom stereocenters. The third-order valence-electron chi connectivity index (χ3n) is 3.22. The molecule has 1 N–H and O–H groups in total. The van der Waals surface area contributed by atoms with Crippen molar-refractivity contribution in [1.29, 1.82) is 0 Å². The van der Waals surface area contributed by atoms with Crippen molar-refractivity contribution in [2.45, 2.75) is 32.7 Å². The van der Waals surface area contributed by atoms with Crippen molar-refractivity contribution in [2.24, 2.45) is 11.3 Å². The molecule has 1 saturated heterocycles. The van der Waals surface area contributed by atoms with Crippen LogP contribution in [-0.2, 0) is 0 Å². The minimum Gasteiger partial charge on any atom is -0.312 e. The van der Waals surface area contributed by atoms with Crippen LogP contribution in [0.2, 0.25) is 0 Å². The molecule has 1 heteroatoms. The van der Waals surface area contributed by atoms with Gasteiger partial charge in [-0.1, -0.05) is 26.0 Å². The summed E-state index contributed by atoms with van der Waals surface area (Å²) in [4.78, 5) is 0. The normalized spacial score (nSPS) is 33.2. The van der Waals surface area contributed by atoms with Crippen LogP contribution in [0.1, 0.15) is 26.7 Å². The summed E-state index contributed by atoms with van der Waals surface area (Å²) in [5, 5.41) is 3.54. The molecule has 0 amide bonds. The Hall–Kier alpha value is -0.300. The molecule has 0 aromatic heterocycles. The first-order valence-corrected chi connectivity index (χ1v) is 4.63. The van der Waals surface area contributed by atoms with E-state index in [1.54, 1.807) is 0 Å². The van der Waals surface area contributed by atoms with Crippen LogP contribution in [0, 0.1) is 11.3 Å². The predicted octanol–water partition coefficient (Wildman–Crippen LogP) is 1.95. The van der Waals surface area contributed by atoms with E-state index in [4.69, 9.17) is 0 Å². The minimum atomic E-state index is 0.633. The van der Waals surface area contributed by atoms with E-state index >= 15 is 0 Å². The summed E-state index contributed by atoms with van der Waals surface area (Å²) >= 11 is 0.